The molecule has 0 bridgehead atoms. The predicted molar refractivity (Wildman–Crippen MR) is 119 cm³/mol. The molecule has 150 valence electrons. The molecule has 0 unspecified atom stereocenters. The number of aromatic nitrogens is 2. The molecule has 0 radical (unpaired) electrons. The minimum absolute atomic E-state index is 0.142. The molecule has 0 aliphatic carbocycles. The Labute approximate surface area is 175 Å². The van der Waals surface area contributed by atoms with Crippen molar-refractivity contribution < 1.29 is 9.53 Å². The highest BCUT2D eigenvalue weighted by Gasteiger charge is 2.16. The Morgan fingerprint density at radius 1 is 0.933 bits per heavy atom. The Bertz CT molecular complexity index is 1140. The Kier molecular flexibility index (Phi) is 5.99. The molecule has 1 aromatic heterocycles. The molecule has 0 saturated heterocycles. The second-order valence-corrected chi connectivity index (χ2v) is 6.88. The smallest absolute Gasteiger partial charge is 0.255 e. The fourth-order valence-corrected chi connectivity index (χ4v) is 3.39. The minimum atomic E-state index is -0.142. The van der Waals surface area contributed by atoms with Gasteiger partial charge in [-0.25, -0.2) is 9.97 Å². The first-order valence-electron chi connectivity index (χ1n) is 10.1. The van der Waals surface area contributed by atoms with Crippen molar-refractivity contribution in [3.63, 3.8) is 0 Å². The van der Waals surface area contributed by atoms with E-state index in [1.807, 2.05) is 86.0 Å². The molecule has 0 saturated carbocycles. The first-order chi connectivity index (χ1) is 14.8. The maximum absolute atomic E-state index is 13.0. The van der Waals surface area contributed by atoms with Gasteiger partial charge in [-0.2, -0.15) is 0 Å². The van der Waals surface area contributed by atoms with Crippen LogP contribution in [0.25, 0.3) is 22.2 Å². The first-order valence-corrected chi connectivity index (χ1v) is 10.1. The van der Waals surface area contributed by atoms with E-state index >= 15 is 0 Å². The Morgan fingerprint density at radius 2 is 1.67 bits per heavy atom. The van der Waals surface area contributed by atoms with Crippen LogP contribution in [0.1, 0.15) is 22.8 Å². The van der Waals surface area contributed by atoms with Crippen molar-refractivity contribution in [2.75, 3.05) is 13.2 Å². The van der Waals surface area contributed by atoms with Crippen molar-refractivity contribution in [2.24, 2.45) is 0 Å². The van der Waals surface area contributed by atoms with Crippen molar-refractivity contribution in [1.82, 2.24) is 15.3 Å². The number of nitrogens with zero attached hydrogens (tertiary/aromatic N) is 2. The predicted octanol–water partition coefficient (Wildman–Crippen LogP) is 4.67. The Morgan fingerprint density at radius 3 is 2.43 bits per heavy atom. The van der Waals surface area contributed by atoms with E-state index in [0.29, 0.717) is 36.7 Å². The third-order valence-electron chi connectivity index (χ3n) is 4.85. The zero-order valence-corrected chi connectivity index (χ0v) is 16.8. The second-order valence-electron chi connectivity index (χ2n) is 6.88. The molecule has 30 heavy (non-hydrogen) atoms. The molecule has 0 spiro atoms. The van der Waals surface area contributed by atoms with Crippen molar-refractivity contribution >= 4 is 16.7 Å². The number of ether oxygens (including phenoxy) is 1. The molecule has 0 aliphatic heterocycles. The van der Waals surface area contributed by atoms with Crippen LogP contribution in [-0.2, 0) is 6.42 Å². The average molecular weight is 397 g/mol. The van der Waals surface area contributed by atoms with Crippen LogP contribution in [0.5, 0.6) is 5.75 Å². The van der Waals surface area contributed by atoms with Crippen molar-refractivity contribution in [3.05, 3.63) is 90.3 Å². The van der Waals surface area contributed by atoms with Crippen molar-refractivity contribution in [3.8, 4) is 17.1 Å². The molecular weight excluding hydrogens is 374 g/mol. The van der Waals surface area contributed by atoms with E-state index in [1.165, 1.54) is 0 Å². The largest absolute Gasteiger partial charge is 0.493 e. The molecule has 4 rings (SSSR count). The van der Waals surface area contributed by atoms with Gasteiger partial charge in [0.15, 0.2) is 5.82 Å². The van der Waals surface area contributed by atoms with Gasteiger partial charge >= 0.3 is 0 Å². The molecule has 5 nitrogen and oxygen atoms in total. The summed E-state index contributed by atoms with van der Waals surface area (Å²) in [5.41, 5.74) is 2.53. The number of rotatable bonds is 7. The summed E-state index contributed by atoms with van der Waals surface area (Å²) in [5.74, 6) is 1.15. The number of amides is 1. The molecule has 0 aliphatic rings. The zero-order chi connectivity index (χ0) is 20.8. The van der Waals surface area contributed by atoms with Crippen LogP contribution in [-0.4, -0.2) is 29.0 Å². The van der Waals surface area contributed by atoms with E-state index in [1.54, 1.807) is 0 Å². The van der Waals surface area contributed by atoms with Crippen LogP contribution in [0.4, 0.5) is 0 Å². The summed E-state index contributed by atoms with van der Waals surface area (Å²) < 4.78 is 5.71. The van der Waals surface area contributed by atoms with Gasteiger partial charge in [-0.05, 0) is 35.7 Å². The van der Waals surface area contributed by atoms with Crippen LogP contribution in [0.3, 0.4) is 0 Å². The van der Waals surface area contributed by atoms with Gasteiger partial charge in [0.25, 0.3) is 5.91 Å². The summed E-state index contributed by atoms with van der Waals surface area (Å²) in [5, 5.41) is 4.91. The number of fused-ring (bicyclic) bond motifs is 1. The van der Waals surface area contributed by atoms with E-state index in [-0.39, 0.29) is 5.91 Å². The number of nitrogens with one attached hydrogen (secondary N) is 1. The maximum atomic E-state index is 13.0. The lowest BCUT2D eigenvalue weighted by molar-refractivity contribution is 0.0952. The SMILES string of the molecule is CCOc1ccc2ccccc2c1C(=O)NCCc1cnc(-c2ccccc2)nc1. The number of carbonyl (C=O) groups excluding carboxylic acids is 1. The molecule has 1 amide bonds. The van der Waals surface area contributed by atoms with Gasteiger partial charge in [0.05, 0.1) is 12.2 Å². The third-order valence-corrected chi connectivity index (χ3v) is 4.85. The van der Waals surface area contributed by atoms with Crippen molar-refractivity contribution in [1.29, 1.82) is 0 Å². The highest BCUT2D eigenvalue weighted by atomic mass is 16.5. The van der Waals surface area contributed by atoms with Crippen LogP contribution < -0.4 is 10.1 Å². The van der Waals surface area contributed by atoms with Crippen LogP contribution in [0.15, 0.2) is 79.1 Å². The maximum Gasteiger partial charge on any atom is 0.255 e. The van der Waals surface area contributed by atoms with E-state index in [4.69, 9.17) is 4.74 Å². The van der Waals surface area contributed by atoms with Gasteiger partial charge in [0.2, 0.25) is 0 Å². The Balaban J connectivity index is 1.45. The minimum Gasteiger partial charge on any atom is -0.493 e. The van der Waals surface area contributed by atoms with Crippen LogP contribution >= 0.6 is 0 Å². The number of hydrogen-bond donors (Lipinski definition) is 1. The monoisotopic (exact) mass is 397 g/mol. The van der Waals surface area contributed by atoms with Gasteiger partial charge in [-0.1, -0.05) is 60.7 Å². The molecule has 0 atom stereocenters. The number of hydrogen-bond acceptors (Lipinski definition) is 4. The third kappa shape index (κ3) is 4.30. The van der Waals surface area contributed by atoms with Crippen LogP contribution in [0.2, 0.25) is 0 Å². The topological polar surface area (TPSA) is 64.1 Å². The molecule has 1 heterocycles. The van der Waals surface area contributed by atoms with Gasteiger partial charge in [0, 0.05) is 24.5 Å². The molecule has 4 aromatic rings. The molecule has 0 fully saturated rings. The molecular formula is C25H23N3O2. The van der Waals surface area contributed by atoms with Gasteiger partial charge in [-0.3, -0.25) is 4.79 Å². The van der Waals surface area contributed by atoms with Crippen LogP contribution in [0, 0.1) is 0 Å². The standard InChI is InChI=1S/C25H23N3O2/c1-2-30-22-13-12-19-8-6-7-11-21(19)23(22)25(29)26-15-14-18-16-27-24(28-17-18)20-9-4-3-5-10-20/h3-13,16-17H,2,14-15H2,1H3,(H,26,29). The lowest BCUT2D eigenvalue weighted by Gasteiger charge is -2.13. The molecule has 1 N–H and O–H groups in total. The first kappa shape index (κ1) is 19.6. The molecule has 5 heteroatoms. The normalized spacial score (nSPS) is 10.7. The number of carbonyl (C=O) groups is 1. The Hall–Kier alpha value is -3.73. The summed E-state index contributed by atoms with van der Waals surface area (Å²) in [6, 6.07) is 21.5. The number of benzene rings is 3. The fourth-order valence-electron chi connectivity index (χ4n) is 3.39. The summed E-state index contributed by atoms with van der Waals surface area (Å²) in [4.78, 5) is 21.8. The lowest BCUT2D eigenvalue weighted by atomic mass is 10.0. The summed E-state index contributed by atoms with van der Waals surface area (Å²) in [6.45, 7) is 2.90. The van der Waals surface area contributed by atoms with Gasteiger partial charge in [-0.15, -0.1) is 0 Å². The quantitative estimate of drug-likeness (QED) is 0.492. The molecule has 3 aromatic carbocycles. The summed E-state index contributed by atoms with van der Waals surface area (Å²) in [6.07, 6.45) is 4.27. The zero-order valence-electron chi connectivity index (χ0n) is 16.8. The van der Waals surface area contributed by atoms with E-state index < -0.39 is 0 Å². The second kappa shape index (κ2) is 9.18. The highest BCUT2D eigenvalue weighted by molar-refractivity contribution is 6.09. The van der Waals surface area contributed by atoms with Gasteiger partial charge < -0.3 is 10.1 Å². The van der Waals surface area contributed by atoms with E-state index in [0.717, 1.165) is 21.9 Å². The summed E-state index contributed by atoms with van der Waals surface area (Å²) >= 11 is 0. The summed E-state index contributed by atoms with van der Waals surface area (Å²) in [7, 11) is 0. The highest BCUT2D eigenvalue weighted by Crippen LogP contribution is 2.28. The average Bonchev–Trinajstić information content (AvgIpc) is 2.80. The van der Waals surface area contributed by atoms with Crippen molar-refractivity contribution in [2.45, 2.75) is 13.3 Å². The van der Waals surface area contributed by atoms with Gasteiger partial charge in [0.1, 0.15) is 5.75 Å². The lowest BCUT2D eigenvalue weighted by Crippen LogP contribution is -2.26. The van der Waals surface area contributed by atoms with E-state index in [2.05, 4.69) is 15.3 Å². The van der Waals surface area contributed by atoms with E-state index in [9.17, 15) is 4.79 Å². The fraction of sp³-hybridized carbons (Fsp3) is 0.160.